The first-order chi connectivity index (χ1) is 18.8. The lowest BCUT2D eigenvalue weighted by Gasteiger charge is -2.35. The number of aryl methyl sites for hydroxylation is 1. The Morgan fingerprint density at radius 3 is 2.46 bits per heavy atom. The molecular weight excluding hydrogens is 523 g/mol. The molecule has 1 atom stereocenters. The maximum absolute atomic E-state index is 15.0. The fourth-order valence-corrected chi connectivity index (χ4v) is 6.48. The van der Waals surface area contributed by atoms with Gasteiger partial charge < -0.3 is 9.84 Å². The van der Waals surface area contributed by atoms with Gasteiger partial charge in [-0.15, -0.1) is 0 Å². The maximum Gasteiger partial charge on any atom is 0.306 e. The molecule has 1 N–H and O–H groups in total. The summed E-state index contributed by atoms with van der Waals surface area (Å²) in [4.78, 5) is 38.5. The SMILES string of the molecule is O=C1CCC(=O)N1CCOc1ccc(CN(C[C@H]2CC[C@H](C(=O)O)CC2)[C@H]2CCc3cc(Cl)ccc32)cc1F. The van der Waals surface area contributed by atoms with E-state index in [1.54, 1.807) is 6.07 Å². The van der Waals surface area contributed by atoms with Crippen molar-refractivity contribution in [3.63, 3.8) is 0 Å². The normalized spacial score (nSPS) is 22.9. The first-order valence-corrected chi connectivity index (χ1v) is 14.2. The molecule has 2 amide bonds. The van der Waals surface area contributed by atoms with E-state index in [1.165, 1.54) is 22.1 Å². The van der Waals surface area contributed by atoms with Crippen LogP contribution in [0.15, 0.2) is 36.4 Å². The van der Waals surface area contributed by atoms with Gasteiger partial charge in [-0.1, -0.05) is 23.7 Å². The van der Waals surface area contributed by atoms with E-state index >= 15 is 4.39 Å². The molecule has 7 nitrogen and oxygen atoms in total. The summed E-state index contributed by atoms with van der Waals surface area (Å²) in [5.74, 6) is -1.39. The van der Waals surface area contributed by atoms with Crippen LogP contribution in [-0.4, -0.2) is 52.4 Å². The number of carbonyl (C=O) groups excluding carboxylic acids is 2. The van der Waals surface area contributed by atoms with Crippen molar-refractivity contribution in [2.75, 3.05) is 19.7 Å². The average molecular weight is 557 g/mol. The molecule has 1 saturated carbocycles. The predicted octanol–water partition coefficient (Wildman–Crippen LogP) is 5.39. The number of amides is 2. The lowest BCUT2D eigenvalue weighted by Crippen LogP contribution is -2.34. The number of ether oxygens (including phenoxy) is 1. The summed E-state index contributed by atoms with van der Waals surface area (Å²) in [5, 5.41) is 10.1. The molecule has 2 aromatic rings. The molecule has 0 spiro atoms. The van der Waals surface area contributed by atoms with E-state index in [4.69, 9.17) is 16.3 Å². The number of carbonyl (C=O) groups is 3. The molecule has 5 rings (SSSR count). The van der Waals surface area contributed by atoms with Crippen LogP contribution < -0.4 is 4.74 Å². The van der Waals surface area contributed by atoms with Crippen LogP contribution in [0.2, 0.25) is 5.02 Å². The van der Waals surface area contributed by atoms with Gasteiger partial charge >= 0.3 is 5.97 Å². The summed E-state index contributed by atoms with van der Waals surface area (Å²) in [6.07, 6.45) is 5.47. The minimum atomic E-state index is -0.705. The van der Waals surface area contributed by atoms with Gasteiger partial charge in [-0.25, -0.2) is 4.39 Å². The first-order valence-electron chi connectivity index (χ1n) is 13.8. The highest BCUT2D eigenvalue weighted by atomic mass is 35.5. The summed E-state index contributed by atoms with van der Waals surface area (Å²) in [6, 6.07) is 11.2. The van der Waals surface area contributed by atoms with Gasteiger partial charge in [0, 0.05) is 37.0 Å². The molecule has 1 saturated heterocycles. The molecule has 1 aliphatic heterocycles. The number of fused-ring (bicyclic) bond motifs is 1. The minimum absolute atomic E-state index is 0.0420. The number of hydrogen-bond acceptors (Lipinski definition) is 5. The summed E-state index contributed by atoms with van der Waals surface area (Å²) in [5.41, 5.74) is 3.33. The van der Waals surface area contributed by atoms with E-state index in [0.717, 1.165) is 42.8 Å². The molecule has 39 heavy (non-hydrogen) atoms. The highest BCUT2D eigenvalue weighted by Gasteiger charge is 2.33. The van der Waals surface area contributed by atoms with E-state index in [-0.39, 0.29) is 55.5 Å². The molecule has 3 aliphatic rings. The standard InChI is InChI=1S/C30H34ClFN2O5/c31-23-7-8-24-22(16-23)6-9-26(24)33(17-19-1-4-21(5-2-19)30(37)38)18-20-3-10-27(25(32)15-20)39-14-13-34-28(35)11-12-29(34)36/h3,7-8,10,15-16,19,21,26H,1-2,4-6,9,11-14,17-18H2,(H,37,38)/t19-,21-,26-/m0/s1. The Morgan fingerprint density at radius 1 is 1.03 bits per heavy atom. The lowest BCUT2D eigenvalue weighted by molar-refractivity contribution is -0.143. The third kappa shape index (κ3) is 6.44. The van der Waals surface area contributed by atoms with E-state index in [2.05, 4.69) is 11.0 Å². The molecule has 0 aromatic heterocycles. The van der Waals surface area contributed by atoms with Crippen LogP contribution in [-0.2, 0) is 27.3 Å². The van der Waals surface area contributed by atoms with Crippen molar-refractivity contribution in [2.45, 2.75) is 64.0 Å². The molecule has 2 aromatic carbocycles. The summed E-state index contributed by atoms with van der Waals surface area (Å²) < 4.78 is 20.6. The van der Waals surface area contributed by atoms with E-state index in [1.807, 2.05) is 18.2 Å². The zero-order chi connectivity index (χ0) is 27.5. The number of likely N-dealkylation sites (tertiary alicyclic amines) is 1. The number of hydrogen-bond donors (Lipinski definition) is 1. The summed E-state index contributed by atoms with van der Waals surface area (Å²) in [6.45, 7) is 1.53. The van der Waals surface area contributed by atoms with Crippen LogP contribution in [0.4, 0.5) is 4.39 Å². The smallest absolute Gasteiger partial charge is 0.306 e. The van der Waals surface area contributed by atoms with Gasteiger partial charge in [0.05, 0.1) is 12.5 Å². The van der Waals surface area contributed by atoms with Crippen LogP contribution in [0.3, 0.4) is 0 Å². The Morgan fingerprint density at radius 2 is 1.77 bits per heavy atom. The third-order valence-electron chi connectivity index (χ3n) is 8.39. The predicted molar refractivity (Wildman–Crippen MR) is 144 cm³/mol. The van der Waals surface area contributed by atoms with Crippen molar-refractivity contribution >= 4 is 29.4 Å². The van der Waals surface area contributed by atoms with Crippen molar-refractivity contribution in [1.82, 2.24) is 9.80 Å². The molecule has 208 valence electrons. The third-order valence-corrected chi connectivity index (χ3v) is 8.62. The molecular formula is C30H34ClFN2O5. The number of rotatable bonds is 10. The van der Waals surface area contributed by atoms with Crippen molar-refractivity contribution in [1.29, 1.82) is 0 Å². The Bertz CT molecular complexity index is 1230. The second-order valence-corrected chi connectivity index (χ2v) is 11.4. The fraction of sp³-hybridized carbons (Fsp3) is 0.500. The van der Waals surface area contributed by atoms with Crippen LogP contribution in [0, 0.1) is 17.7 Å². The minimum Gasteiger partial charge on any atom is -0.489 e. The largest absolute Gasteiger partial charge is 0.489 e. The molecule has 0 radical (unpaired) electrons. The van der Waals surface area contributed by atoms with E-state index < -0.39 is 11.8 Å². The van der Waals surface area contributed by atoms with Crippen molar-refractivity contribution in [2.24, 2.45) is 11.8 Å². The molecule has 2 fully saturated rings. The highest BCUT2D eigenvalue weighted by molar-refractivity contribution is 6.30. The molecule has 2 aliphatic carbocycles. The highest BCUT2D eigenvalue weighted by Crippen LogP contribution is 2.40. The Kier molecular flexibility index (Phi) is 8.52. The zero-order valence-corrected chi connectivity index (χ0v) is 22.7. The number of benzene rings is 2. The van der Waals surface area contributed by atoms with E-state index in [9.17, 15) is 19.5 Å². The van der Waals surface area contributed by atoms with Gasteiger partial charge in [0.25, 0.3) is 0 Å². The Hall–Kier alpha value is -2.97. The van der Waals surface area contributed by atoms with Gasteiger partial charge in [0.1, 0.15) is 6.61 Å². The fourth-order valence-electron chi connectivity index (χ4n) is 6.28. The average Bonchev–Trinajstić information content (AvgIpc) is 3.47. The second kappa shape index (κ2) is 12.0. The van der Waals surface area contributed by atoms with Crippen molar-refractivity contribution in [3.05, 3.63) is 63.9 Å². The first kappa shape index (κ1) is 27.6. The zero-order valence-electron chi connectivity index (χ0n) is 21.9. The maximum atomic E-state index is 15.0. The lowest BCUT2D eigenvalue weighted by atomic mass is 9.81. The molecule has 0 unspecified atom stereocenters. The number of carboxylic acids is 1. The number of nitrogens with zero attached hydrogens (tertiary/aromatic N) is 2. The molecule has 1 heterocycles. The van der Waals surface area contributed by atoms with Gasteiger partial charge in [-0.2, -0.15) is 0 Å². The summed E-state index contributed by atoms with van der Waals surface area (Å²) in [7, 11) is 0. The molecule has 0 bridgehead atoms. The number of carboxylic acid groups (broad SMARTS) is 1. The van der Waals surface area contributed by atoms with Gasteiger partial charge in [0.2, 0.25) is 11.8 Å². The van der Waals surface area contributed by atoms with Crippen LogP contribution in [0.1, 0.15) is 67.7 Å². The van der Waals surface area contributed by atoms with Crippen molar-refractivity contribution in [3.8, 4) is 5.75 Å². The quantitative estimate of drug-likeness (QED) is 0.395. The number of halogens is 2. The van der Waals surface area contributed by atoms with Crippen molar-refractivity contribution < 1.29 is 28.6 Å². The van der Waals surface area contributed by atoms with Gasteiger partial charge in [-0.05, 0) is 85.4 Å². The number of aliphatic carboxylic acids is 1. The second-order valence-electron chi connectivity index (χ2n) is 10.9. The van der Waals surface area contributed by atoms with Gasteiger partial charge in [0.15, 0.2) is 11.6 Å². The van der Waals surface area contributed by atoms with Gasteiger partial charge in [-0.3, -0.25) is 24.2 Å². The van der Waals surface area contributed by atoms with E-state index in [0.29, 0.717) is 25.3 Å². The van der Waals surface area contributed by atoms with Crippen LogP contribution in [0.5, 0.6) is 5.75 Å². The van der Waals surface area contributed by atoms with Crippen LogP contribution in [0.25, 0.3) is 0 Å². The molecule has 9 heteroatoms. The summed E-state index contributed by atoms with van der Waals surface area (Å²) >= 11 is 6.24. The number of imide groups is 1. The topological polar surface area (TPSA) is 87.2 Å². The Labute approximate surface area is 232 Å². The van der Waals surface area contributed by atoms with Crippen LogP contribution >= 0.6 is 11.6 Å². The Balaban J connectivity index is 1.27. The monoisotopic (exact) mass is 556 g/mol.